The maximum Gasteiger partial charge on any atom is 0.231 e. The molecule has 2 aromatic carbocycles. The van der Waals surface area contributed by atoms with Crippen LogP contribution >= 0.6 is 12.4 Å². The Hall–Kier alpha value is -1.98. The molecule has 28 heavy (non-hydrogen) atoms. The van der Waals surface area contributed by atoms with Gasteiger partial charge in [-0.25, -0.2) is 4.39 Å². The van der Waals surface area contributed by atoms with E-state index in [4.69, 9.17) is 14.2 Å². The lowest BCUT2D eigenvalue weighted by Gasteiger charge is -2.38. The van der Waals surface area contributed by atoms with Crippen LogP contribution in [0, 0.1) is 11.7 Å². The zero-order valence-corrected chi connectivity index (χ0v) is 16.9. The number of rotatable bonds is 6. The van der Waals surface area contributed by atoms with E-state index in [1.165, 1.54) is 5.56 Å². The molecule has 2 atom stereocenters. The lowest BCUT2D eigenvalue weighted by atomic mass is 9.81. The van der Waals surface area contributed by atoms with Gasteiger partial charge in [-0.05, 0) is 61.7 Å². The summed E-state index contributed by atoms with van der Waals surface area (Å²) in [5.41, 5.74) is 1.20. The zero-order chi connectivity index (χ0) is 18.6. The molecule has 6 heteroatoms. The van der Waals surface area contributed by atoms with Crippen LogP contribution in [0.25, 0.3) is 0 Å². The van der Waals surface area contributed by atoms with Crippen molar-refractivity contribution < 1.29 is 18.6 Å². The van der Waals surface area contributed by atoms with E-state index in [2.05, 4.69) is 11.8 Å². The van der Waals surface area contributed by atoms with Gasteiger partial charge in [0.2, 0.25) is 6.79 Å². The third-order valence-electron chi connectivity index (χ3n) is 5.46. The Bertz CT molecular complexity index is 771. The Morgan fingerprint density at radius 3 is 2.68 bits per heavy atom. The van der Waals surface area contributed by atoms with Crippen molar-refractivity contribution in [2.45, 2.75) is 25.7 Å². The highest BCUT2D eigenvalue weighted by molar-refractivity contribution is 5.85. The second-order valence-corrected chi connectivity index (χ2v) is 7.33. The van der Waals surface area contributed by atoms with Gasteiger partial charge in [0.15, 0.2) is 11.5 Å². The van der Waals surface area contributed by atoms with E-state index in [1.807, 2.05) is 30.3 Å². The second kappa shape index (κ2) is 9.48. The van der Waals surface area contributed by atoms with E-state index in [9.17, 15) is 4.39 Å². The van der Waals surface area contributed by atoms with E-state index >= 15 is 0 Å². The van der Waals surface area contributed by atoms with Crippen molar-refractivity contribution in [2.24, 2.45) is 5.92 Å². The first-order valence-electron chi connectivity index (χ1n) is 9.73. The summed E-state index contributed by atoms with van der Waals surface area (Å²) in [6, 6.07) is 12.7. The molecule has 0 radical (unpaired) electrons. The van der Waals surface area contributed by atoms with Crippen LogP contribution in [0.1, 0.15) is 31.2 Å². The smallest absolute Gasteiger partial charge is 0.231 e. The SMILES string of the molecule is CCCN1CC[C@@H](c2ccc(F)cc2)[C@H](COc2ccc3c(c2)OCO3)C1.Cl. The molecule has 0 spiro atoms. The summed E-state index contributed by atoms with van der Waals surface area (Å²) in [5.74, 6) is 2.85. The number of hydrogen-bond acceptors (Lipinski definition) is 4. The van der Waals surface area contributed by atoms with Crippen LogP contribution in [0.15, 0.2) is 42.5 Å². The number of fused-ring (bicyclic) bond motifs is 1. The van der Waals surface area contributed by atoms with Crippen molar-refractivity contribution in [1.82, 2.24) is 4.90 Å². The monoisotopic (exact) mass is 407 g/mol. The Balaban J connectivity index is 0.00000225. The fourth-order valence-corrected chi connectivity index (χ4v) is 4.11. The van der Waals surface area contributed by atoms with Gasteiger partial charge in [0.1, 0.15) is 11.6 Å². The highest BCUT2D eigenvalue weighted by atomic mass is 35.5. The summed E-state index contributed by atoms with van der Waals surface area (Å²) < 4.78 is 30.3. The number of halogens is 2. The molecule has 0 bridgehead atoms. The summed E-state index contributed by atoms with van der Waals surface area (Å²) in [4.78, 5) is 2.51. The molecule has 2 aliphatic rings. The summed E-state index contributed by atoms with van der Waals surface area (Å²) in [7, 11) is 0. The van der Waals surface area contributed by atoms with Crippen molar-refractivity contribution in [2.75, 3.05) is 33.0 Å². The first kappa shape index (κ1) is 20.7. The molecule has 2 aromatic rings. The fourth-order valence-electron chi connectivity index (χ4n) is 4.11. The minimum Gasteiger partial charge on any atom is -0.493 e. The van der Waals surface area contributed by atoms with Gasteiger partial charge in [0.05, 0.1) is 6.61 Å². The van der Waals surface area contributed by atoms with Crippen LogP contribution in [0.5, 0.6) is 17.2 Å². The maximum absolute atomic E-state index is 13.3. The quantitative estimate of drug-likeness (QED) is 0.683. The predicted molar refractivity (Wildman–Crippen MR) is 109 cm³/mol. The van der Waals surface area contributed by atoms with E-state index in [0.717, 1.165) is 49.7 Å². The molecule has 0 unspecified atom stereocenters. The number of hydrogen-bond donors (Lipinski definition) is 0. The van der Waals surface area contributed by atoms with Crippen LogP contribution in [-0.4, -0.2) is 37.9 Å². The number of likely N-dealkylation sites (tertiary alicyclic amines) is 1. The van der Waals surface area contributed by atoms with Crippen LogP contribution in [0.3, 0.4) is 0 Å². The lowest BCUT2D eigenvalue weighted by molar-refractivity contribution is 0.111. The fraction of sp³-hybridized carbons (Fsp3) is 0.455. The number of ether oxygens (including phenoxy) is 3. The molecular weight excluding hydrogens is 381 g/mol. The largest absolute Gasteiger partial charge is 0.493 e. The predicted octanol–water partition coefficient (Wildman–Crippen LogP) is 4.87. The summed E-state index contributed by atoms with van der Waals surface area (Å²) in [6.07, 6.45) is 2.22. The van der Waals surface area contributed by atoms with Crippen molar-refractivity contribution in [3.8, 4) is 17.2 Å². The third-order valence-corrected chi connectivity index (χ3v) is 5.46. The summed E-state index contributed by atoms with van der Waals surface area (Å²) >= 11 is 0. The van der Waals surface area contributed by atoms with Crippen molar-refractivity contribution in [1.29, 1.82) is 0 Å². The van der Waals surface area contributed by atoms with Gasteiger partial charge in [0, 0.05) is 18.5 Å². The Morgan fingerprint density at radius 1 is 1.11 bits per heavy atom. The Morgan fingerprint density at radius 2 is 1.89 bits per heavy atom. The molecule has 152 valence electrons. The van der Waals surface area contributed by atoms with Crippen LogP contribution in [0.4, 0.5) is 4.39 Å². The Kier molecular flexibility index (Phi) is 7.03. The number of nitrogens with zero attached hydrogens (tertiary/aromatic N) is 1. The van der Waals surface area contributed by atoms with Gasteiger partial charge in [-0.3, -0.25) is 0 Å². The van der Waals surface area contributed by atoms with Crippen molar-refractivity contribution in [3.63, 3.8) is 0 Å². The molecular formula is C22H27ClFNO3. The molecule has 1 saturated heterocycles. The first-order valence-corrected chi connectivity index (χ1v) is 9.73. The van der Waals surface area contributed by atoms with Gasteiger partial charge in [-0.15, -0.1) is 12.4 Å². The maximum atomic E-state index is 13.3. The first-order chi connectivity index (χ1) is 13.2. The van der Waals surface area contributed by atoms with E-state index in [-0.39, 0.29) is 25.0 Å². The zero-order valence-electron chi connectivity index (χ0n) is 16.1. The molecule has 0 aromatic heterocycles. The van der Waals surface area contributed by atoms with Crippen molar-refractivity contribution >= 4 is 12.4 Å². The standard InChI is InChI=1S/C22H26FNO3.ClH/c1-2-10-24-11-9-20(16-3-5-18(23)6-4-16)17(13-24)14-25-19-7-8-21-22(12-19)27-15-26-21;/h3-8,12,17,20H,2,9-11,13-15H2,1H3;1H/t17-,20-;/m0./s1. The van der Waals surface area contributed by atoms with Gasteiger partial charge in [-0.2, -0.15) is 0 Å². The average molecular weight is 408 g/mol. The number of piperidine rings is 1. The molecule has 2 heterocycles. The molecule has 2 aliphatic heterocycles. The van der Waals surface area contributed by atoms with Crippen LogP contribution in [-0.2, 0) is 0 Å². The van der Waals surface area contributed by atoms with Crippen molar-refractivity contribution in [3.05, 3.63) is 53.8 Å². The summed E-state index contributed by atoms with van der Waals surface area (Å²) in [6.45, 7) is 6.29. The molecule has 0 saturated carbocycles. The minimum atomic E-state index is -0.185. The highest BCUT2D eigenvalue weighted by Crippen LogP contribution is 2.37. The molecule has 0 N–H and O–H groups in total. The van der Waals surface area contributed by atoms with Gasteiger partial charge in [0.25, 0.3) is 0 Å². The van der Waals surface area contributed by atoms with E-state index in [0.29, 0.717) is 18.4 Å². The van der Waals surface area contributed by atoms with E-state index in [1.54, 1.807) is 12.1 Å². The number of benzene rings is 2. The Labute approximate surface area is 172 Å². The lowest BCUT2D eigenvalue weighted by Crippen LogP contribution is -2.42. The highest BCUT2D eigenvalue weighted by Gasteiger charge is 2.30. The van der Waals surface area contributed by atoms with Crippen LogP contribution in [0.2, 0.25) is 0 Å². The molecule has 4 nitrogen and oxygen atoms in total. The van der Waals surface area contributed by atoms with Gasteiger partial charge < -0.3 is 19.1 Å². The second-order valence-electron chi connectivity index (χ2n) is 7.33. The van der Waals surface area contributed by atoms with E-state index < -0.39 is 0 Å². The third kappa shape index (κ3) is 4.70. The molecule has 0 aliphatic carbocycles. The normalized spacial score (nSPS) is 21.2. The van der Waals surface area contributed by atoms with Gasteiger partial charge in [-0.1, -0.05) is 19.1 Å². The topological polar surface area (TPSA) is 30.9 Å². The average Bonchev–Trinajstić information content (AvgIpc) is 3.15. The molecule has 4 rings (SSSR count). The van der Waals surface area contributed by atoms with Gasteiger partial charge >= 0.3 is 0 Å². The summed E-state index contributed by atoms with van der Waals surface area (Å²) in [5, 5.41) is 0. The molecule has 0 amide bonds. The van der Waals surface area contributed by atoms with Crippen LogP contribution < -0.4 is 14.2 Å². The molecule has 1 fully saturated rings. The minimum absolute atomic E-state index is 0.